The van der Waals surface area contributed by atoms with Gasteiger partial charge in [0.25, 0.3) is 0 Å². The first-order chi connectivity index (χ1) is 11.0. The van der Waals surface area contributed by atoms with E-state index >= 15 is 0 Å². The first-order valence-electron chi connectivity index (χ1n) is 8.11. The maximum absolute atomic E-state index is 12.9. The van der Waals surface area contributed by atoms with Crippen LogP contribution in [0, 0.1) is 5.82 Å². The zero-order valence-electron chi connectivity index (χ0n) is 14.2. The lowest BCUT2D eigenvalue weighted by Gasteiger charge is -2.13. The quantitative estimate of drug-likeness (QED) is 0.508. The van der Waals surface area contributed by atoms with Crippen LogP contribution in [0.2, 0.25) is 0 Å². The van der Waals surface area contributed by atoms with E-state index in [0.29, 0.717) is 25.5 Å². The van der Waals surface area contributed by atoms with E-state index in [2.05, 4.69) is 20.9 Å². The SMILES string of the molecule is CCNC(=NCc1ccc(F)cc1)NCCC(=O)NC(C)CC. The van der Waals surface area contributed by atoms with Crippen LogP contribution < -0.4 is 16.0 Å². The Kier molecular flexibility index (Phi) is 8.72. The molecular formula is C17H27FN4O. The average Bonchev–Trinajstić information content (AvgIpc) is 2.53. The van der Waals surface area contributed by atoms with Gasteiger partial charge in [-0.05, 0) is 38.0 Å². The highest BCUT2D eigenvalue weighted by Gasteiger charge is 2.05. The Hall–Kier alpha value is -2.11. The number of benzene rings is 1. The van der Waals surface area contributed by atoms with E-state index in [0.717, 1.165) is 18.5 Å². The summed E-state index contributed by atoms with van der Waals surface area (Å²) in [6, 6.07) is 6.46. The summed E-state index contributed by atoms with van der Waals surface area (Å²) in [5.74, 6) is 0.421. The number of rotatable bonds is 8. The Morgan fingerprint density at radius 1 is 1.22 bits per heavy atom. The molecule has 5 nitrogen and oxygen atoms in total. The standard InChI is InChI=1S/C17H27FN4O/c1-4-13(3)22-16(23)10-11-20-17(19-5-2)21-12-14-6-8-15(18)9-7-14/h6-9,13H,4-5,10-12H2,1-3H3,(H,22,23)(H2,19,20,21). The molecule has 0 aliphatic rings. The van der Waals surface area contributed by atoms with Crippen LogP contribution in [0.25, 0.3) is 0 Å². The molecule has 1 rings (SSSR count). The molecule has 6 heteroatoms. The second-order valence-corrected chi connectivity index (χ2v) is 5.38. The topological polar surface area (TPSA) is 65.5 Å². The fourth-order valence-electron chi connectivity index (χ4n) is 1.85. The van der Waals surface area contributed by atoms with Crippen LogP contribution in [0.1, 0.15) is 39.2 Å². The molecule has 0 bridgehead atoms. The van der Waals surface area contributed by atoms with Gasteiger partial charge in [0.1, 0.15) is 5.82 Å². The minimum absolute atomic E-state index is 0.0289. The van der Waals surface area contributed by atoms with Crippen molar-refractivity contribution in [1.29, 1.82) is 0 Å². The molecule has 0 saturated heterocycles. The predicted molar refractivity (Wildman–Crippen MR) is 91.7 cm³/mol. The number of guanidine groups is 1. The lowest BCUT2D eigenvalue weighted by molar-refractivity contribution is -0.121. The molecule has 1 aromatic rings. The number of hydrogen-bond acceptors (Lipinski definition) is 2. The molecule has 0 aliphatic carbocycles. The van der Waals surface area contributed by atoms with Crippen LogP contribution in [-0.2, 0) is 11.3 Å². The molecule has 0 aromatic heterocycles. The monoisotopic (exact) mass is 322 g/mol. The fourth-order valence-corrected chi connectivity index (χ4v) is 1.85. The van der Waals surface area contributed by atoms with Crippen molar-refractivity contribution in [3.05, 3.63) is 35.6 Å². The number of carbonyl (C=O) groups is 1. The molecule has 1 amide bonds. The van der Waals surface area contributed by atoms with Crippen molar-refractivity contribution in [2.75, 3.05) is 13.1 Å². The van der Waals surface area contributed by atoms with Gasteiger partial charge in [0, 0.05) is 25.6 Å². The molecule has 3 N–H and O–H groups in total. The largest absolute Gasteiger partial charge is 0.357 e. The van der Waals surface area contributed by atoms with Crippen molar-refractivity contribution in [2.24, 2.45) is 4.99 Å². The van der Waals surface area contributed by atoms with E-state index in [1.807, 2.05) is 20.8 Å². The number of nitrogens with zero attached hydrogens (tertiary/aromatic N) is 1. The van der Waals surface area contributed by atoms with E-state index in [-0.39, 0.29) is 17.8 Å². The minimum atomic E-state index is -0.255. The van der Waals surface area contributed by atoms with Crippen LogP contribution in [0.3, 0.4) is 0 Å². The highest BCUT2D eigenvalue weighted by molar-refractivity contribution is 5.81. The molecule has 0 radical (unpaired) electrons. The van der Waals surface area contributed by atoms with Crippen LogP contribution in [0.15, 0.2) is 29.3 Å². The van der Waals surface area contributed by atoms with Crippen molar-refractivity contribution in [3.8, 4) is 0 Å². The third-order valence-electron chi connectivity index (χ3n) is 3.34. The highest BCUT2D eigenvalue weighted by Crippen LogP contribution is 2.03. The summed E-state index contributed by atoms with van der Waals surface area (Å²) in [6.07, 6.45) is 1.31. The van der Waals surface area contributed by atoms with Crippen LogP contribution >= 0.6 is 0 Å². The third-order valence-corrected chi connectivity index (χ3v) is 3.34. The summed E-state index contributed by atoms with van der Waals surface area (Å²) < 4.78 is 12.9. The van der Waals surface area contributed by atoms with Gasteiger partial charge in [-0.25, -0.2) is 9.38 Å². The molecule has 23 heavy (non-hydrogen) atoms. The van der Waals surface area contributed by atoms with Gasteiger partial charge in [0.15, 0.2) is 5.96 Å². The van der Waals surface area contributed by atoms with Gasteiger partial charge in [0.05, 0.1) is 6.54 Å². The summed E-state index contributed by atoms with van der Waals surface area (Å²) in [5.41, 5.74) is 0.929. The minimum Gasteiger partial charge on any atom is -0.357 e. The first kappa shape index (κ1) is 18.9. The van der Waals surface area contributed by atoms with E-state index in [4.69, 9.17) is 0 Å². The summed E-state index contributed by atoms with van der Waals surface area (Å²) in [7, 11) is 0. The van der Waals surface area contributed by atoms with Crippen molar-refractivity contribution >= 4 is 11.9 Å². The third kappa shape index (κ3) is 8.18. The number of amides is 1. The normalized spacial score (nSPS) is 12.6. The zero-order chi connectivity index (χ0) is 17.1. The van der Waals surface area contributed by atoms with Gasteiger partial charge in [-0.2, -0.15) is 0 Å². The molecule has 0 saturated carbocycles. The molecule has 0 aliphatic heterocycles. The zero-order valence-corrected chi connectivity index (χ0v) is 14.2. The summed E-state index contributed by atoms with van der Waals surface area (Å²) >= 11 is 0. The summed E-state index contributed by atoms with van der Waals surface area (Å²) in [6.45, 7) is 7.69. The molecule has 128 valence electrons. The van der Waals surface area contributed by atoms with Crippen molar-refractivity contribution < 1.29 is 9.18 Å². The summed E-state index contributed by atoms with van der Waals surface area (Å²) in [5, 5.41) is 9.18. The number of halogens is 1. The maximum Gasteiger partial charge on any atom is 0.221 e. The Balaban J connectivity index is 2.43. The second kappa shape index (κ2) is 10.6. The van der Waals surface area contributed by atoms with Crippen molar-refractivity contribution in [2.45, 2.75) is 46.2 Å². The molecule has 0 fully saturated rings. The van der Waals surface area contributed by atoms with Crippen molar-refractivity contribution in [3.63, 3.8) is 0 Å². The van der Waals surface area contributed by atoms with Gasteiger partial charge in [-0.1, -0.05) is 19.1 Å². The number of aliphatic imine (C=N–C) groups is 1. The highest BCUT2D eigenvalue weighted by atomic mass is 19.1. The van der Waals surface area contributed by atoms with Gasteiger partial charge in [-0.3, -0.25) is 4.79 Å². The lowest BCUT2D eigenvalue weighted by atomic mass is 10.2. The first-order valence-corrected chi connectivity index (χ1v) is 8.11. The van der Waals surface area contributed by atoms with E-state index in [9.17, 15) is 9.18 Å². The van der Waals surface area contributed by atoms with Gasteiger partial charge >= 0.3 is 0 Å². The Morgan fingerprint density at radius 2 is 1.91 bits per heavy atom. The number of carbonyl (C=O) groups excluding carboxylic acids is 1. The van der Waals surface area contributed by atoms with Crippen LogP contribution in [0.4, 0.5) is 4.39 Å². The van der Waals surface area contributed by atoms with E-state index in [1.54, 1.807) is 12.1 Å². The molecule has 1 aromatic carbocycles. The van der Waals surface area contributed by atoms with Gasteiger partial charge < -0.3 is 16.0 Å². The lowest BCUT2D eigenvalue weighted by Crippen LogP contribution is -2.40. The molecule has 1 atom stereocenters. The average molecular weight is 322 g/mol. The van der Waals surface area contributed by atoms with Crippen molar-refractivity contribution in [1.82, 2.24) is 16.0 Å². The summed E-state index contributed by atoms with van der Waals surface area (Å²) in [4.78, 5) is 16.1. The number of nitrogens with one attached hydrogen (secondary N) is 3. The molecule has 1 unspecified atom stereocenters. The molecule has 0 spiro atoms. The smallest absolute Gasteiger partial charge is 0.221 e. The second-order valence-electron chi connectivity index (χ2n) is 5.38. The van der Waals surface area contributed by atoms with Crippen LogP contribution in [0.5, 0.6) is 0 Å². The fraction of sp³-hybridized carbons (Fsp3) is 0.529. The maximum atomic E-state index is 12.9. The van der Waals surface area contributed by atoms with Gasteiger partial charge in [0.2, 0.25) is 5.91 Å². The Bertz CT molecular complexity index is 502. The predicted octanol–water partition coefficient (Wildman–Crippen LogP) is 2.19. The Morgan fingerprint density at radius 3 is 2.52 bits per heavy atom. The van der Waals surface area contributed by atoms with E-state index in [1.165, 1.54) is 12.1 Å². The van der Waals surface area contributed by atoms with Gasteiger partial charge in [-0.15, -0.1) is 0 Å². The molecule has 0 heterocycles. The Labute approximate surface area is 137 Å². The molecular weight excluding hydrogens is 295 g/mol. The number of hydrogen-bond donors (Lipinski definition) is 3. The van der Waals surface area contributed by atoms with E-state index < -0.39 is 0 Å². The van der Waals surface area contributed by atoms with Crippen LogP contribution in [-0.4, -0.2) is 31.0 Å².